The number of hydrogen-bond acceptors (Lipinski definition) is 5. The van der Waals surface area contributed by atoms with Crippen molar-refractivity contribution >= 4 is 11.8 Å². The smallest absolute Gasteiger partial charge is 0.253 e. The molecule has 3 aromatic carbocycles. The number of carbonyl (C=O) groups is 2. The van der Waals surface area contributed by atoms with Crippen LogP contribution < -0.4 is 10.6 Å². The number of aliphatic hydroxyl groups excluding tert-OH is 2. The van der Waals surface area contributed by atoms with Crippen LogP contribution in [0.4, 0.5) is 8.78 Å². The van der Waals surface area contributed by atoms with Gasteiger partial charge in [-0.05, 0) is 78.8 Å². The minimum Gasteiger partial charge on any atom is -0.395 e. The van der Waals surface area contributed by atoms with Crippen LogP contribution in [0, 0.1) is 18.6 Å². The highest BCUT2D eigenvalue weighted by Gasteiger charge is 2.24. The zero-order chi connectivity index (χ0) is 30.6. The van der Waals surface area contributed by atoms with Gasteiger partial charge in [0, 0.05) is 43.4 Å². The Morgan fingerprint density at radius 3 is 2.26 bits per heavy atom. The highest BCUT2D eigenvalue weighted by molar-refractivity contribution is 6.00. The molecule has 0 unspecified atom stereocenters. The van der Waals surface area contributed by atoms with Gasteiger partial charge in [-0.3, -0.25) is 9.59 Å². The van der Waals surface area contributed by atoms with Crippen LogP contribution in [-0.4, -0.2) is 65.3 Å². The zero-order valence-electron chi connectivity index (χ0n) is 24.5. The maximum atomic E-state index is 13.9. The predicted octanol–water partition coefficient (Wildman–Crippen LogP) is 4.17. The molecule has 2 amide bonds. The Labute approximate surface area is 246 Å². The third kappa shape index (κ3) is 9.72. The van der Waals surface area contributed by atoms with E-state index in [1.165, 1.54) is 28.7 Å². The first-order valence-corrected chi connectivity index (χ1v) is 14.4. The minimum absolute atomic E-state index is 0.0209. The normalized spacial score (nSPS) is 12.5. The van der Waals surface area contributed by atoms with Gasteiger partial charge in [0.05, 0.1) is 18.8 Å². The molecule has 0 fully saturated rings. The van der Waals surface area contributed by atoms with Gasteiger partial charge in [0.2, 0.25) is 0 Å². The molecule has 3 aromatic rings. The molecule has 0 bridgehead atoms. The van der Waals surface area contributed by atoms with Crippen LogP contribution in [0.25, 0.3) is 0 Å². The van der Waals surface area contributed by atoms with E-state index in [0.29, 0.717) is 30.6 Å². The van der Waals surface area contributed by atoms with Crippen molar-refractivity contribution in [2.75, 3.05) is 26.2 Å². The molecule has 0 heterocycles. The van der Waals surface area contributed by atoms with Gasteiger partial charge in [-0.25, -0.2) is 8.78 Å². The number of aliphatic hydroxyl groups is 2. The molecule has 9 heteroatoms. The molecule has 0 aliphatic heterocycles. The molecular weight excluding hydrogens is 540 g/mol. The minimum atomic E-state index is -1.09. The van der Waals surface area contributed by atoms with Crippen molar-refractivity contribution in [2.45, 2.75) is 58.7 Å². The fraction of sp³-hybridized carbons (Fsp3) is 0.394. The van der Waals surface area contributed by atoms with Gasteiger partial charge >= 0.3 is 0 Å². The lowest BCUT2D eigenvalue weighted by Gasteiger charge is -2.25. The Balaban J connectivity index is 1.80. The zero-order valence-corrected chi connectivity index (χ0v) is 24.5. The lowest BCUT2D eigenvalue weighted by molar-refractivity contribution is 0.0721. The summed E-state index contributed by atoms with van der Waals surface area (Å²) >= 11 is 0. The number of amides is 2. The highest BCUT2D eigenvalue weighted by atomic mass is 19.1. The fourth-order valence-corrected chi connectivity index (χ4v) is 4.91. The molecular formula is C33H41F2N3O4. The molecule has 4 N–H and O–H groups in total. The maximum absolute atomic E-state index is 13.9. The number of halogens is 2. The SMILES string of the molecule is CCCN(CCO)C(=O)c1cc(C)cc(C(=O)N[C@@H](Cc2cc(F)cc(F)c2)[C@H](O)CNCc2cccc(CC)c2)c1. The lowest BCUT2D eigenvalue weighted by Crippen LogP contribution is -2.48. The molecule has 226 valence electrons. The van der Waals surface area contributed by atoms with E-state index in [2.05, 4.69) is 23.6 Å². The summed E-state index contributed by atoms with van der Waals surface area (Å²) in [7, 11) is 0. The molecule has 0 spiro atoms. The van der Waals surface area contributed by atoms with Crippen molar-refractivity contribution in [1.82, 2.24) is 15.5 Å². The molecule has 0 saturated heterocycles. The number of carbonyl (C=O) groups excluding carboxylic acids is 2. The van der Waals surface area contributed by atoms with E-state index >= 15 is 0 Å². The number of benzene rings is 3. The average molecular weight is 582 g/mol. The Kier molecular flexibility index (Phi) is 12.6. The summed E-state index contributed by atoms with van der Waals surface area (Å²) in [6, 6.07) is 15.1. The molecule has 0 aliphatic carbocycles. The summed E-state index contributed by atoms with van der Waals surface area (Å²) in [5.41, 5.74) is 3.73. The second-order valence-electron chi connectivity index (χ2n) is 10.5. The van der Waals surface area contributed by atoms with Gasteiger partial charge in [-0.2, -0.15) is 0 Å². The Bertz CT molecular complexity index is 1320. The van der Waals surface area contributed by atoms with Crippen LogP contribution >= 0.6 is 0 Å². The number of aryl methyl sites for hydroxylation is 2. The number of rotatable bonds is 15. The maximum Gasteiger partial charge on any atom is 0.253 e. The van der Waals surface area contributed by atoms with E-state index in [9.17, 15) is 28.6 Å². The van der Waals surface area contributed by atoms with Gasteiger partial charge in [-0.1, -0.05) is 38.1 Å². The predicted molar refractivity (Wildman–Crippen MR) is 159 cm³/mol. The van der Waals surface area contributed by atoms with Gasteiger partial charge < -0.3 is 25.7 Å². The summed E-state index contributed by atoms with van der Waals surface area (Å²) in [4.78, 5) is 28.1. The topological polar surface area (TPSA) is 102 Å². The molecule has 0 saturated carbocycles. The van der Waals surface area contributed by atoms with Crippen molar-refractivity contribution in [3.05, 3.63) is 106 Å². The lowest BCUT2D eigenvalue weighted by atomic mass is 9.99. The van der Waals surface area contributed by atoms with Crippen molar-refractivity contribution in [1.29, 1.82) is 0 Å². The van der Waals surface area contributed by atoms with Crippen LogP contribution in [0.3, 0.4) is 0 Å². The quantitative estimate of drug-likeness (QED) is 0.216. The molecule has 0 aromatic heterocycles. The average Bonchev–Trinajstić information content (AvgIpc) is 2.95. The van der Waals surface area contributed by atoms with E-state index < -0.39 is 29.7 Å². The van der Waals surface area contributed by atoms with E-state index in [4.69, 9.17) is 0 Å². The van der Waals surface area contributed by atoms with Crippen molar-refractivity contribution in [2.24, 2.45) is 0 Å². The van der Waals surface area contributed by atoms with Crippen LogP contribution in [-0.2, 0) is 19.4 Å². The largest absolute Gasteiger partial charge is 0.395 e. The number of nitrogens with one attached hydrogen (secondary N) is 2. The summed E-state index contributed by atoms with van der Waals surface area (Å²) in [5.74, 6) is -2.33. The van der Waals surface area contributed by atoms with Gasteiger partial charge in [-0.15, -0.1) is 0 Å². The monoisotopic (exact) mass is 581 g/mol. The van der Waals surface area contributed by atoms with E-state index in [-0.39, 0.29) is 43.2 Å². The molecule has 0 radical (unpaired) electrons. The van der Waals surface area contributed by atoms with Gasteiger partial charge in [0.1, 0.15) is 11.6 Å². The van der Waals surface area contributed by atoms with Crippen molar-refractivity contribution in [3.8, 4) is 0 Å². The van der Waals surface area contributed by atoms with Crippen LogP contribution in [0.15, 0.2) is 60.7 Å². The molecule has 7 nitrogen and oxygen atoms in total. The van der Waals surface area contributed by atoms with Gasteiger partial charge in [0.25, 0.3) is 11.8 Å². The van der Waals surface area contributed by atoms with E-state index in [1.807, 2.05) is 25.1 Å². The fourth-order valence-electron chi connectivity index (χ4n) is 4.91. The third-order valence-electron chi connectivity index (χ3n) is 6.98. The van der Waals surface area contributed by atoms with E-state index in [0.717, 1.165) is 18.1 Å². The van der Waals surface area contributed by atoms with Crippen molar-refractivity contribution in [3.63, 3.8) is 0 Å². The van der Waals surface area contributed by atoms with Crippen LogP contribution in [0.2, 0.25) is 0 Å². The number of hydrogen-bond donors (Lipinski definition) is 4. The first-order chi connectivity index (χ1) is 20.1. The summed E-state index contributed by atoms with van der Waals surface area (Å²) < 4.78 is 27.9. The summed E-state index contributed by atoms with van der Waals surface area (Å²) in [6.45, 7) is 6.84. The first-order valence-electron chi connectivity index (χ1n) is 14.4. The summed E-state index contributed by atoms with van der Waals surface area (Å²) in [5, 5.41) is 26.5. The van der Waals surface area contributed by atoms with Crippen LogP contribution in [0.1, 0.15) is 63.2 Å². The highest BCUT2D eigenvalue weighted by Crippen LogP contribution is 2.16. The van der Waals surface area contributed by atoms with Crippen LogP contribution in [0.5, 0.6) is 0 Å². The number of nitrogens with zero attached hydrogens (tertiary/aromatic N) is 1. The third-order valence-corrected chi connectivity index (χ3v) is 6.98. The first kappa shape index (κ1) is 32.8. The second kappa shape index (κ2) is 16.1. The summed E-state index contributed by atoms with van der Waals surface area (Å²) in [6.07, 6.45) is 0.500. The molecule has 3 rings (SSSR count). The van der Waals surface area contributed by atoms with Crippen molar-refractivity contribution < 1.29 is 28.6 Å². The molecule has 2 atom stereocenters. The van der Waals surface area contributed by atoms with E-state index in [1.54, 1.807) is 19.1 Å². The molecule has 0 aliphatic rings. The molecule has 42 heavy (non-hydrogen) atoms. The Hall–Kier alpha value is -3.66. The Morgan fingerprint density at radius 2 is 1.60 bits per heavy atom. The second-order valence-corrected chi connectivity index (χ2v) is 10.5. The standard InChI is InChI=1S/C33H41F2N3O4/c1-4-9-38(10-11-39)33(42)27-13-22(3)12-26(18-27)32(41)37-30(17-25-15-28(34)19-29(35)16-25)31(40)21-36-20-24-8-6-7-23(5-2)14-24/h6-8,12-16,18-19,30-31,36,39-40H,4-5,9-11,17,20-21H2,1-3H3,(H,37,41)/t30-,31+/m0/s1. The van der Waals surface area contributed by atoms with Gasteiger partial charge in [0.15, 0.2) is 0 Å². The Morgan fingerprint density at radius 1 is 0.905 bits per heavy atom.